The number of para-hydroxylation sites is 1. The molecule has 0 saturated heterocycles. The van der Waals surface area contributed by atoms with Crippen LogP contribution in [0.15, 0.2) is 60.3 Å². The van der Waals surface area contributed by atoms with E-state index in [1.165, 1.54) is 46.5 Å². The van der Waals surface area contributed by atoms with E-state index >= 15 is 0 Å². The van der Waals surface area contributed by atoms with E-state index in [1.54, 1.807) is 30.3 Å². The predicted molar refractivity (Wildman–Crippen MR) is 111 cm³/mol. The lowest BCUT2D eigenvalue weighted by atomic mass is 10.0. The van der Waals surface area contributed by atoms with Crippen LogP contribution in [-0.4, -0.2) is 21.7 Å². The Morgan fingerprint density at radius 2 is 2.13 bits per heavy atom. The quantitative estimate of drug-likeness (QED) is 0.351. The topological polar surface area (TPSA) is 73.0 Å². The molecule has 1 aliphatic rings. The summed E-state index contributed by atoms with van der Waals surface area (Å²) < 4.78 is 16.3. The summed E-state index contributed by atoms with van der Waals surface area (Å²) in [5.41, 5.74) is 1.16. The van der Waals surface area contributed by atoms with Crippen LogP contribution in [0.1, 0.15) is 18.7 Å². The first-order chi connectivity index (χ1) is 14.4. The van der Waals surface area contributed by atoms with E-state index in [9.17, 15) is 14.3 Å². The van der Waals surface area contributed by atoms with Gasteiger partial charge in [-0.1, -0.05) is 52.3 Å². The van der Waals surface area contributed by atoms with Crippen LogP contribution in [0, 0.1) is 5.82 Å². The maximum Gasteiger partial charge on any atom is 0.297 e. The van der Waals surface area contributed by atoms with Gasteiger partial charge in [-0.2, -0.15) is 0 Å². The lowest BCUT2D eigenvalue weighted by Gasteiger charge is -2.33. The van der Waals surface area contributed by atoms with Crippen molar-refractivity contribution in [3.8, 4) is 17.1 Å². The monoisotopic (exact) mass is 442 g/mol. The zero-order valence-corrected chi connectivity index (χ0v) is 17.5. The first-order valence-corrected chi connectivity index (χ1v) is 10.4. The standard InChI is InChI=1S/C21H16ClFN4O2S/c1-3-11-30-21-24-19(29)18-13-7-4-5-10-16(13)26(12(2)28)20(27(18)25-21)17-14(22)8-6-9-15(17)23/h3-10,20H,1,11H2,2H3. The molecular formula is C21H16ClFN4O2S. The summed E-state index contributed by atoms with van der Waals surface area (Å²) in [4.78, 5) is 18.2. The number of aromatic nitrogens is 3. The molecule has 4 rings (SSSR count). The number of carbonyl (C=O) groups is 1. The molecule has 1 amide bonds. The minimum Gasteiger partial charge on any atom is -0.854 e. The average molecular weight is 443 g/mol. The Hall–Kier alpha value is -2.97. The van der Waals surface area contributed by atoms with Gasteiger partial charge in [-0.15, -0.1) is 6.58 Å². The third-order valence-corrected chi connectivity index (χ3v) is 5.81. The van der Waals surface area contributed by atoms with E-state index in [4.69, 9.17) is 11.6 Å². The molecule has 1 aliphatic heterocycles. The van der Waals surface area contributed by atoms with E-state index in [0.29, 0.717) is 17.0 Å². The average Bonchev–Trinajstić information content (AvgIpc) is 2.71. The normalized spacial score (nSPS) is 14.8. The Labute approximate surface area is 181 Å². The number of thioether (sulfide) groups is 1. The van der Waals surface area contributed by atoms with Crippen LogP contribution in [0.5, 0.6) is 5.88 Å². The Balaban J connectivity index is 2.08. The summed E-state index contributed by atoms with van der Waals surface area (Å²) >= 11 is 7.57. The zero-order chi connectivity index (χ0) is 21.4. The summed E-state index contributed by atoms with van der Waals surface area (Å²) in [5.74, 6) is -0.999. The first-order valence-electron chi connectivity index (χ1n) is 9.01. The number of amides is 1. The minimum atomic E-state index is -1.08. The molecule has 0 bridgehead atoms. The van der Waals surface area contributed by atoms with Gasteiger partial charge < -0.3 is 5.11 Å². The summed E-state index contributed by atoms with van der Waals surface area (Å²) in [7, 11) is 0. The molecule has 0 aliphatic carbocycles. The van der Waals surface area contributed by atoms with E-state index < -0.39 is 17.9 Å². The SMILES string of the molecule is C=CCSc1nc([O-])c2[n+](n1)C(c1c(F)cccc1Cl)N(C(C)=O)c1ccccc1-2. The van der Waals surface area contributed by atoms with Crippen LogP contribution in [0.3, 0.4) is 0 Å². The maximum absolute atomic E-state index is 15.0. The van der Waals surface area contributed by atoms with E-state index in [1.807, 2.05) is 0 Å². The van der Waals surface area contributed by atoms with Crippen LogP contribution in [0.25, 0.3) is 11.3 Å². The fourth-order valence-electron chi connectivity index (χ4n) is 3.49. The Kier molecular flexibility index (Phi) is 5.44. The Morgan fingerprint density at radius 1 is 1.37 bits per heavy atom. The molecule has 2 aromatic carbocycles. The van der Waals surface area contributed by atoms with Gasteiger partial charge in [0.1, 0.15) is 5.82 Å². The number of benzene rings is 2. The predicted octanol–water partition coefficient (Wildman–Crippen LogP) is 3.49. The lowest BCUT2D eigenvalue weighted by molar-refractivity contribution is -0.764. The molecule has 0 saturated carbocycles. The van der Waals surface area contributed by atoms with Crippen molar-refractivity contribution in [3.63, 3.8) is 0 Å². The maximum atomic E-state index is 15.0. The van der Waals surface area contributed by atoms with Gasteiger partial charge in [0, 0.05) is 17.8 Å². The summed E-state index contributed by atoms with van der Waals surface area (Å²) in [5, 5.41) is 17.8. The molecule has 0 fully saturated rings. The first kappa shape index (κ1) is 20.3. The molecule has 1 aromatic heterocycles. The molecule has 152 valence electrons. The van der Waals surface area contributed by atoms with Gasteiger partial charge in [-0.25, -0.2) is 14.3 Å². The van der Waals surface area contributed by atoms with Gasteiger partial charge in [0.2, 0.25) is 5.91 Å². The number of hydrogen-bond donors (Lipinski definition) is 0. The molecule has 0 radical (unpaired) electrons. The highest BCUT2D eigenvalue weighted by atomic mass is 35.5. The van der Waals surface area contributed by atoms with Crippen molar-refractivity contribution in [2.75, 3.05) is 10.7 Å². The molecule has 0 spiro atoms. The largest absolute Gasteiger partial charge is 0.854 e. The number of nitrogens with zero attached hydrogens (tertiary/aromatic N) is 4. The molecule has 1 unspecified atom stereocenters. The highest BCUT2D eigenvalue weighted by Crippen LogP contribution is 2.42. The second kappa shape index (κ2) is 8.04. The molecule has 9 heteroatoms. The number of anilines is 1. The van der Waals surface area contributed by atoms with Gasteiger partial charge in [0.25, 0.3) is 17.0 Å². The van der Waals surface area contributed by atoms with Crippen molar-refractivity contribution in [3.05, 3.63) is 71.5 Å². The smallest absolute Gasteiger partial charge is 0.297 e. The van der Waals surface area contributed by atoms with Crippen LogP contribution in [0.4, 0.5) is 10.1 Å². The van der Waals surface area contributed by atoms with Gasteiger partial charge in [0.15, 0.2) is 0 Å². The second-order valence-corrected chi connectivity index (χ2v) is 7.90. The molecule has 30 heavy (non-hydrogen) atoms. The number of rotatable bonds is 4. The van der Waals surface area contributed by atoms with Crippen molar-refractivity contribution >= 4 is 35.0 Å². The number of carbonyl (C=O) groups excluding carboxylic acids is 1. The zero-order valence-electron chi connectivity index (χ0n) is 15.9. The summed E-state index contributed by atoms with van der Waals surface area (Å²) in [6.45, 7) is 5.03. The fourth-order valence-corrected chi connectivity index (χ4v) is 4.31. The molecule has 1 atom stereocenters. The van der Waals surface area contributed by atoms with E-state index in [0.717, 1.165) is 0 Å². The van der Waals surface area contributed by atoms with Crippen molar-refractivity contribution in [1.82, 2.24) is 10.1 Å². The third kappa shape index (κ3) is 3.32. The van der Waals surface area contributed by atoms with E-state index in [-0.39, 0.29) is 27.3 Å². The summed E-state index contributed by atoms with van der Waals surface area (Å²) in [6.07, 6.45) is 0.574. The highest BCUT2D eigenvalue weighted by molar-refractivity contribution is 7.99. The molecule has 6 nitrogen and oxygen atoms in total. The molecule has 0 N–H and O–H groups in total. The van der Waals surface area contributed by atoms with Gasteiger partial charge in [-0.05, 0) is 24.3 Å². The van der Waals surface area contributed by atoms with Crippen molar-refractivity contribution < 1.29 is 19.0 Å². The van der Waals surface area contributed by atoms with Crippen LogP contribution in [0.2, 0.25) is 5.02 Å². The minimum absolute atomic E-state index is 0.0490. The number of hydrogen-bond acceptors (Lipinski definition) is 5. The van der Waals surface area contributed by atoms with Crippen LogP contribution in [-0.2, 0) is 4.79 Å². The number of halogens is 2. The lowest BCUT2D eigenvalue weighted by Crippen LogP contribution is -2.59. The van der Waals surface area contributed by atoms with Crippen LogP contribution >= 0.6 is 23.4 Å². The van der Waals surface area contributed by atoms with Gasteiger partial charge >= 0.3 is 0 Å². The van der Waals surface area contributed by atoms with E-state index in [2.05, 4.69) is 16.7 Å². The highest BCUT2D eigenvalue weighted by Gasteiger charge is 2.46. The summed E-state index contributed by atoms with van der Waals surface area (Å²) in [6, 6.07) is 11.2. The molecule has 3 aromatic rings. The van der Waals surface area contributed by atoms with Crippen molar-refractivity contribution in [1.29, 1.82) is 0 Å². The van der Waals surface area contributed by atoms with Crippen molar-refractivity contribution in [2.45, 2.75) is 18.2 Å². The second-order valence-electron chi connectivity index (χ2n) is 6.51. The Bertz CT molecular complexity index is 1150. The van der Waals surface area contributed by atoms with Gasteiger partial charge in [-0.3, -0.25) is 4.79 Å². The van der Waals surface area contributed by atoms with Gasteiger partial charge in [0.05, 0.1) is 27.7 Å². The fraction of sp³-hybridized carbons (Fsp3) is 0.143. The molecular weight excluding hydrogens is 427 g/mol. The molecule has 2 heterocycles. The Morgan fingerprint density at radius 3 is 2.83 bits per heavy atom. The number of fused-ring (bicyclic) bond motifs is 3. The van der Waals surface area contributed by atoms with Crippen LogP contribution < -0.4 is 14.7 Å². The van der Waals surface area contributed by atoms with Crippen molar-refractivity contribution in [2.24, 2.45) is 0 Å². The third-order valence-electron chi connectivity index (χ3n) is 4.64.